The number of anilines is 1. The molecule has 2 atom stereocenters. The summed E-state index contributed by atoms with van der Waals surface area (Å²) in [5, 5.41) is 3.51. The van der Waals surface area contributed by atoms with Crippen molar-refractivity contribution in [1.82, 2.24) is 15.3 Å². The minimum atomic E-state index is 0.128. The summed E-state index contributed by atoms with van der Waals surface area (Å²) in [6.07, 6.45) is 0.128. The fraction of sp³-hybridized carbons (Fsp3) is 0.714. The topological polar surface area (TPSA) is 50.3 Å². The van der Waals surface area contributed by atoms with Gasteiger partial charge in [-0.25, -0.2) is 4.98 Å². The third-order valence-electron chi connectivity index (χ3n) is 3.02. The van der Waals surface area contributed by atoms with Crippen LogP contribution in [0, 0.1) is 6.92 Å². The Labute approximate surface area is 115 Å². The minimum absolute atomic E-state index is 0.128. The second-order valence-electron chi connectivity index (χ2n) is 5.69. The van der Waals surface area contributed by atoms with Crippen LogP contribution in [0.4, 0.5) is 5.95 Å². The lowest BCUT2D eigenvalue weighted by Crippen LogP contribution is -2.54. The van der Waals surface area contributed by atoms with E-state index < -0.39 is 0 Å². The van der Waals surface area contributed by atoms with Crippen LogP contribution < -0.4 is 15.0 Å². The van der Waals surface area contributed by atoms with Crippen LogP contribution >= 0.6 is 0 Å². The second-order valence-corrected chi connectivity index (χ2v) is 5.69. The fourth-order valence-electron chi connectivity index (χ4n) is 2.46. The Morgan fingerprint density at radius 2 is 1.89 bits per heavy atom. The predicted octanol–water partition coefficient (Wildman–Crippen LogP) is 1.76. The zero-order chi connectivity index (χ0) is 14.0. The molecule has 19 heavy (non-hydrogen) atoms. The molecule has 2 unspecified atom stereocenters. The number of hydrogen-bond donors (Lipinski definition) is 1. The van der Waals surface area contributed by atoms with Gasteiger partial charge in [0.25, 0.3) is 0 Å². The van der Waals surface area contributed by atoms with Crippen molar-refractivity contribution in [3.8, 4) is 5.88 Å². The molecule has 1 aromatic rings. The lowest BCUT2D eigenvalue weighted by Gasteiger charge is -2.36. The van der Waals surface area contributed by atoms with Gasteiger partial charge in [0.05, 0.1) is 6.10 Å². The van der Waals surface area contributed by atoms with Crippen LogP contribution in [-0.2, 0) is 0 Å². The number of hydrogen-bond acceptors (Lipinski definition) is 5. The Morgan fingerprint density at radius 1 is 1.26 bits per heavy atom. The summed E-state index contributed by atoms with van der Waals surface area (Å²) in [7, 11) is 0. The van der Waals surface area contributed by atoms with Crippen LogP contribution in [0.1, 0.15) is 33.4 Å². The monoisotopic (exact) mass is 264 g/mol. The summed E-state index contributed by atoms with van der Waals surface area (Å²) >= 11 is 0. The highest BCUT2D eigenvalue weighted by Gasteiger charge is 2.23. The average Bonchev–Trinajstić information content (AvgIpc) is 2.25. The molecule has 1 N–H and O–H groups in total. The highest BCUT2D eigenvalue weighted by Crippen LogP contribution is 2.18. The SMILES string of the molecule is Cc1cc(OC(C)C)nc(N2CC(C)NC(C)C2)n1. The molecule has 0 amide bonds. The molecule has 0 aliphatic carbocycles. The number of piperazine rings is 1. The van der Waals surface area contributed by atoms with Gasteiger partial charge in [-0.05, 0) is 34.6 Å². The normalized spacial score (nSPS) is 23.8. The van der Waals surface area contributed by atoms with Gasteiger partial charge >= 0.3 is 0 Å². The van der Waals surface area contributed by atoms with Gasteiger partial charge in [-0.1, -0.05) is 0 Å². The first kappa shape index (κ1) is 14.1. The van der Waals surface area contributed by atoms with Gasteiger partial charge in [0, 0.05) is 36.9 Å². The third-order valence-corrected chi connectivity index (χ3v) is 3.02. The standard InChI is InChI=1S/C14H24N4O/c1-9(2)19-13-6-10(3)16-14(17-13)18-7-11(4)15-12(5)8-18/h6,9,11-12,15H,7-8H2,1-5H3. The summed E-state index contributed by atoms with van der Waals surface area (Å²) in [6.45, 7) is 12.2. The Balaban J connectivity index is 2.21. The number of nitrogens with one attached hydrogen (secondary N) is 1. The maximum Gasteiger partial charge on any atom is 0.228 e. The number of nitrogens with zero attached hydrogens (tertiary/aromatic N) is 3. The van der Waals surface area contributed by atoms with Gasteiger partial charge in [-0.2, -0.15) is 4.98 Å². The van der Waals surface area contributed by atoms with E-state index in [1.165, 1.54) is 0 Å². The van der Waals surface area contributed by atoms with E-state index in [1.807, 2.05) is 26.8 Å². The van der Waals surface area contributed by atoms with Crippen LogP contribution in [0.2, 0.25) is 0 Å². The molecule has 0 spiro atoms. The summed E-state index contributed by atoms with van der Waals surface area (Å²) in [5.74, 6) is 1.44. The molecule has 106 valence electrons. The summed E-state index contributed by atoms with van der Waals surface area (Å²) in [6, 6.07) is 2.78. The largest absolute Gasteiger partial charge is 0.475 e. The lowest BCUT2D eigenvalue weighted by molar-refractivity contribution is 0.232. The highest BCUT2D eigenvalue weighted by molar-refractivity contribution is 5.35. The number of rotatable bonds is 3. The number of aromatic nitrogens is 2. The quantitative estimate of drug-likeness (QED) is 0.901. The molecule has 0 bridgehead atoms. The molecule has 0 radical (unpaired) electrons. The highest BCUT2D eigenvalue weighted by atomic mass is 16.5. The van der Waals surface area contributed by atoms with Gasteiger partial charge in [-0.3, -0.25) is 0 Å². The van der Waals surface area contributed by atoms with E-state index >= 15 is 0 Å². The lowest BCUT2D eigenvalue weighted by atomic mass is 10.1. The first-order valence-corrected chi connectivity index (χ1v) is 6.97. The van der Waals surface area contributed by atoms with Crippen LogP contribution in [0.25, 0.3) is 0 Å². The maximum atomic E-state index is 5.69. The van der Waals surface area contributed by atoms with Crippen molar-refractivity contribution in [2.45, 2.75) is 52.8 Å². The Bertz CT molecular complexity index is 425. The van der Waals surface area contributed by atoms with E-state index in [4.69, 9.17) is 4.74 Å². The second kappa shape index (κ2) is 5.74. The molecule has 0 aromatic carbocycles. The molecular weight excluding hydrogens is 240 g/mol. The van der Waals surface area contributed by atoms with Crippen LogP contribution in [0.3, 0.4) is 0 Å². The van der Waals surface area contributed by atoms with E-state index in [-0.39, 0.29) is 6.10 Å². The zero-order valence-electron chi connectivity index (χ0n) is 12.5. The van der Waals surface area contributed by atoms with Gasteiger partial charge in [-0.15, -0.1) is 0 Å². The van der Waals surface area contributed by atoms with E-state index in [0.29, 0.717) is 18.0 Å². The molecule has 0 saturated carbocycles. The molecule has 2 heterocycles. The van der Waals surface area contributed by atoms with Gasteiger partial charge in [0.2, 0.25) is 11.8 Å². The van der Waals surface area contributed by atoms with E-state index in [0.717, 1.165) is 24.7 Å². The van der Waals surface area contributed by atoms with Gasteiger partial charge in [0.15, 0.2) is 0 Å². The first-order valence-electron chi connectivity index (χ1n) is 6.97. The molecular formula is C14H24N4O. The predicted molar refractivity (Wildman–Crippen MR) is 76.8 cm³/mol. The van der Waals surface area contributed by atoms with Gasteiger partial charge < -0.3 is 15.0 Å². The molecule has 5 nitrogen and oxygen atoms in total. The summed E-state index contributed by atoms with van der Waals surface area (Å²) < 4.78 is 5.69. The molecule has 1 saturated heterocycles. The minimum Gasteiger partial charge on any atom is -0.475 e. The van der Waals surface area contributed by atoms with Crippen molar-refractivity contribution in [3.05, 3.63) is 11.8 Å². The maximum absolute atomic E-state index is 5.69. The van der Waals surface area contributed by atoms with E-state index in [1.54, 1.807) is 0 Å². The van der Waals surface area contributed by atoms with Crippen molar-refractivity contribution in [2.24, 2.45) is 0 Å². The molecule has 1 fully saturated rings. The van der Waals surface area contributed by atoms with Crippen molar-refractivity contribution >= 4 is 5.95 Å². The Morgan fingerprint density at radius 3 is 2.47 bits per heavy atom. The third kappa shape index (κ3) is 3.80. The van der Waals surface area contributed by atoms with Crippen LogP contribution in [0.5, 0.6) is 5.88 Å². The number of aryl methyl sites for hydroxylation is 1. The summed E-state index contributed by atoms with van der Waals surface area (Å²) in [5.41, 5.74) is 0.944. The van der Waals surface area contributed by atoms with Crippen LogP contribution in [-0.4, -0.2) is 41.2 Å². The summed E-state index contributed by atoms with van der Waals surface area (Å²) in [4.78, 5) is 11.3. The smallest absolute Gasteiger partial charge is 0.228 e. The fourth-order valence-corrected chi connectivity index (χ4v) is 2.46. The molecule has 1 aromatic heterocycles. The molecule has 5 heteroatoms. The van der Waals surface area contributed by atoms with Crippen molar-refractivity contribution < 1.29 is 4.74 Å². The number of ether oxygens (including phenoxy) is 1. The zero-order valence-corrected chi connectivity index (χ0v) is 12.5. The van der Waals surface area contributed by atoms with Crippen molar-refractivity contribution in [3.63, 3.8) is 0 Å². The van der Waals surface area contributed by atoms with Gasteiger partial charge in [0.1, 0.15) is 0 Å². The first-order chi connectivity index (χ1) is 8.94. The molecule has 2 rings (SSSR count). The average molecular weight is 264 g/mol. The van der Waals surface area contributed by atoms with Crippen molar-refractivity contribution in [1.29, 1.82) is 0 Å². The Kier molecular flexibility index (Phi) is 4.24. The van der Waals surface area contributed by atoms with E-state index in [9.17, 15) is 0 Å². The molecule has 1 aliphatic heterocycles. The Hall–Kier alpha value is -1.36. The molecule has 1 aliphatic rings. The van der Waals surface area contributed by atoms with Crippen LogP contribution in [0.15, 0.2) is 6.07 Å². The van der Waals surface area contributed by atoms with E-state index in [2.05, 4.69) is 34.0 Å². The van der Waals surface area contributed by atoms with Crippen molar-refractivity contribution in [2.75, 3.05) is 18.0 Å².